The summed E-state index contributed by atoms with van der Waals surface area (Å²) in [7, 11) is 4.79. The molecule has 0 bridgehead atoms. The van der Waals surface area contributed by atoms with Crippen molar-refractivity contribution in [1.29, 1.82) is 0 Å². The summed E-state index contributed by atoms with van der Waals surface area (Å²) in [6.45, 7) is 1.81. The van der Waals surface area contributed by atoms with Crippen molar-refractivity contribution < 1.29 is 14.3 Å². The molecule has 0 saturated carbocycles. The van der Waals surface area contributed by atoms with Crippen molar-refractivity contribution in [2.75, 3.05) is 32.2 Å². The molecule has 150 valence electrons. The SMILES string of the molecule is COc1ccc(CNC(=O)C2CCCN(c3cnn(C)c(=O)c3)C2)cc1OC. The van der Waals surface area contributed by atoms with Crippen LogP contribution in [0, 0.1) is 5.92 Å². The third-order valence-electron chi connectivity index (χ3n) is 5.03. The summed E-state index contributed by atoms with van der Waals surface area (Å²) in [5, 5.41) is 7.08. The lowest BCUT2D eigenvalue weighted by molar-refractivity contribution is -0.125. The molecule has 1 unspecified atom stereocenters. The summed E-state index contributed by atoms with van der Waals surface area (Å²) in [6, 6.07) is 7.15. The van der Waals surface area contributed by atoms with E-state index < -0.39 is 0 Å². The molecule has 2 aromatic rings. The molecule has 1 aliphatic heterocycles. The van der Waals surface area contributed by atoms with E-state index in [0.717, 1.165) is 30.6 Å². The van der Waals surface area contributed by atoms with Crippen LogP contribution in [0.15, 0.2) is 35.3 Å². The minimum Gasteiger partial charge on any atom is -0.493 e. The van der Waals surface area contributed by atoms with Crippen molar-refractivity contribution in [2.45, 2.75) is 19.4 Å². The Hall–Kier alpha value is -3.03. The van der Waals surface area contributed by atoms with Crippen LogP contribution in [0.1, 0.15) is 18.4 Å². The van der Waals surface area contributed by atoms with Crippen molar-refractivity contribution in [3.63, 3.8) is 0 Å². The summed E-state index contributed by atoms with van der Waals surface area (Å²) in [5.74, 6) is 1.17. The minimum atomic E-state index is -0.155. The van der Waals surface area contributed by atoms with Gasteiger partial charge in [0.25, 0.3) is 5.56 Å². The van der Waals surface area contributed by atoms with E-state index in [0.29, 0.717) is 24.6 Å². The first kappa shape index (κ1) is 19.7. The Bertz CT molecular complexity index is 896. The zero-order valence-corrected chi connectivity index (χ0v) is 16.5. The molecule has 0 radical (unpaired) electrons. The van der Waals surface area contributed by atoms with Crippen LogP contribution < -0.4 is 25.2 Å². The lowest BCUT2D eigenvalue weighted by Gasteiger charge is -2.33. The van der Waals surface area contributed by atoms with Gasteiger partial charge in [-0.25, -0.2) is 4.68 Å². The van der Waals surface area contributed by atoms with E-state index in [1.54, 1.807) is 33.5 Å². The molecule has 1 saturated heterocycles. The van der Waals surface area contributed by atoms with Gasteiger partial charge in [-0.1, -0.05) is 6.07 Å². The van der Waals surface area contributed by atoms with Crippen LogP contribution in [0.4, 0.5) is 5.69 Å². The molecule has 1 amide bonds. The molecule has 28 heavy (non-hydrogen) atoms. The van der Waals surface area contributed by atoms with E-state index >= 15 is 0 Å². The number of aromatic nitrogens is 2. The minimum absolute atomic E-state index is 0.0104. The highest BCUT2D eigenvalue weighted by atomic mass is 16.5. The summed E-state index contributed by atoms with van der Waals surface area (Å²) < 4.78 is 11.8. The Kier molecular flexibility index (Phi) is 6.18. The molecule has 1 fully saturated rings. The van der Waals surface area contributed by atoms with E-state index in [9.17, 15) is 9.59 Å². The van der Waals surface area contributed by atoms with Crippen LogP contribution >= 0.6 is 0 Å². The molecular weight excluding hydrogens is 360 g/mol. The Morgan fingerprint density at radius 2 is 2.04 bits per heavy atom. The predicted molar refractivity (Wildman–Crippen MR) is 106 cm³/mol. The number of nitrogens with one attached hydrogen (secondary N) is 1. The molecule has 1 N–H and O–H groups in total. The number of carbonyl (C=O) groups excluding carboxylic acids is 1. The smallest absolute Gasteiger partial charge is 0.268 e. The Labute approximate surface area is 164 Å². The molecule has 3 rings (SSSR count). The summed E-state index contributed by atoms with van der Waals surface area (Å²) in [5.41, 5.74) is 1.55. The Morgan fingerprint density at radius 1 is 1.25 bits per heavy atom. The maximum absolute atomic E-state index is 12.7. The average molecular weight is 386 g/mol. The molecule has 2 heterocycles. The highest BCUT2D eigenvalue weighted by Gasteiger charge is 2.26. The van der Waals surface area contributed by atoms with Gasteiger partial charge in [0.2, 0.25) is 5.91 Å². The summed E-state index contributed by atoms with van der Waals surface area (Å²) >= 11 is 0. The van der Waals surface area contributed by atoms with Gasteiger partial charge < -0.3 is 19.7 Å². The second kappa shape index (κ2) is 8.77. The van der Waals surface area contributed by atoms with E-state index in [4.69, 9.17) is 9.47 Å². The first-order chi connectivity index (χ1) is 13.5. The number of carbonyl (C=O) groups is 1. The zero-order valence-electron chi connectivity index (χ0n) is 16.5. The molecule has 1 aromatic carbocycles. The topological polar surface area (TPSA) is 85.7 Å². The summed E-state index contributed by atoms with van der Waals surface area (Å²) in [4.78, 5) is 26.6. The number of rotatable bonds is 6. The third kappa shape index (κ3) is 4.44. The lowest BCUT2D eigenvalue weighted by atomic mass is 9.96. The van der Waals surface area contributed by atoms with Gasteiger partial charge in [-0.15, -0.1) is 0 Å². The van der Waals surface area contributed by atoms with Gasteiger partial charge in [-0.3, -0.25) is 9.59 Å². The second-order valence-corrected chi connectivity index (χ2v) is 6.87. The number of methoxy groups -OCH3 is 2. The van der Waals surface area contributed by atoms with Crippen LogP contribution in [0.3, 0.4) is 0 Å². The molecule has 1 atom stereocenters. The largest absolute Gasteiger partial charge is 0.493 e. The van der Waals surface area contributed by atoms with Crippen LogP contribution in [-0.2, 0) is 18.4 Å². The third-order valence-corrected chi connectivity index (χ3v) is 5.03. The number of hydrogen-bond donors (Lipinski definition) is 1. The maximum Gasteiger partial charge on any atom is 0.268 e. The van der Waals surface area contributed by atoms with Crippen molar-refractivity contribution in [2.24, 2.45) is 13.0 Å². The van der Waals surface area contributed by atoms with E-state index in [-0.39, 0.29) is 17.4 Å². The molecule has 0 aliphatic carbocycles. The molecule has 0 spiro atoms. The number of benzene rings is 1. The molecule has 8 heteroatoms. The van der Waals surface area contributed by atoms with Gasteiger partial charge in [0.05, 0.1) is 32.0 Å². The van der Waals surface area contributed by atoms with Crippen molar-refractivity contribution in [3.8, 4) is 11.5 Å². The highest BCUT2D eigenvalue weighted by Crippen LogP contribution is 2.27. The fraction of sp³-hybridized carbons (Fsp3) is 0.450. The van der Waals surface area contributed by atoms with Crippen LogP contribution in [-0.4, -0.2) is 43.0 Å². The highest BCUT2D eigenvalue weighted by molar-refractivity contribution is 5.79. The normalized spacial score (nSPS) is 16.5. The van der Waals surface area contributed by atoms with Crippen LogP contribution in [0.2, 0.25) is 0 Å². The number of amides is 1. The number of hydrogen-bond acceptors (Lipinski definition) is 6. The molecule has 1 aliphatic rings. The molecule has 8 nitrogen and oxygen atoms in total. The zero-order chi connectivity index (χ0) is 20.1. The summed E-state index contributed by atoms with van der Waals surface area (Å²) in [6.07, 6.45) is 3.39. The maximum atomic E-state index is 12.7. The number of aryl methyl sites for hydroxylation is 1. The molecular formula is C20H26N4O4. The van der Waals surface area contributed by atoms with Gasteiger partial charge in [0.1, 0.15) is 0 Å². The van der Waals surface area contributed by atoms with Gasteiger partial charge in [0, 0.05) is 32.7 Å². The molecule has 1 aromatic heterocycles. The number of piperidine rings is 1. The van der Waals surface area contributed by atoms with Crippen LogP contribution in [0.25, 0.3) is 0 Å². The quantitative estimate of drug-likeness (QED) is 0.806. The van der Waals surface area contributed by atoms with E-state index in [1.165, 1.54) is 4.68 Å². The number of anilines is 1. The van der Waals surface area contributed by atoms with Crippen molar-refractivity contribution >= 4 is 11.6 Å². The van der Waals surface area contributed by atoms with Crippen molar-refractivity contribution in [3.05, 3.63) is 46.4 Å². The fourth-order valence-corrected chi connectivity index (χ4v) is 3.38. The average Bonchev–Trinajstić information content (AvgIpc) is 2.73. The Balaban J connectivity index is 1.61. The lowest BCUT2D eigenvalue weighted by Crippen LogP contribution is -2.43. The van der Waals surface area contributed by atoms with Gasteiger partial charge in [-0.2, -0.15) is 5.10 Å². The second-order valence-electron chi connectivity index (χ2n) is 6.87. The van der Waals surface area contributed by atoms with Gasteiger partial charge in [-0.05, 0) is 30.5 Å². The van der Waals surface area contributed by atoms with Gasteiger partial charge in [0.15, 0.2) is 11.5 Å². The van der Waals surface area contributed by atoms with Crippen LogP contribution in [0.5, 0.6) is 11.5 Å². The number of ether oxygens (including phenoxy) is 2. The first-order valence-electron chi connectivity index (χ1n) is 9.28. The monoisotopic (exact) mass is 386 g/mol. The van der Waals surface area contributed by atoms with E-state index in [1.807, 2.05) is 18.2 Å². The fourth-order valence-electron chi connectivity index (χ4n) is 3.38. The van der Waals surface area contributed by atoms with Crippen molar-refractivity contribution in [1.82, 2.24) is 15.1 Å². The number of nitrogens with zero attached hydrogens (tertiary/aromatic N) is 3. The Morgan fingerprint density at radius 3 is 2.75 bits per heavy atom. The predicted octanol–water partition coefficient (Wildman–Crippen LogP) is 1.33. The standard InChI is InChI=1S/C20H26N4O4/c1-23-19(25)10-16(12-22-23)24-8-4-5-15(13-24)20(26)21-11-14-6-7-17(27-2)18(9-14)28-3/h6-7,9-10,12,15H,4-5,8,11,13H2,1-3H3,(H,21,26). The van der Waals surface area contributed by atoms with Gasteiger partial charge >= 0.3 is 0 Å². The first-order valence-corrected chi connectivity index (χ1v) is 9.28. The van der Waals surface area contributed by atoms with E-state index in [2.05, 4.69) is 15.3 Å².